The van der Waals surface area contributed by atoms with E-state index in [9.17, 15) is 4.79 Å². The topological polar surface area (TPSA) is 72.5 Å². The highest BCUT2D eigenvalue weighted by Crippen LogP contribution is 2.54. The Morgan fingerprint density at radius 3 is 1.81 bits per heavy atom. The maximum absolute atomic E-state index is 12.0. The molecule has 26 heavy (non-hydrogen) atoms. The van der Waals surface area contributed by atoms with E-state index in [4.69, 9.17) is 28.4 Å². The van der Waals surface area contributed by atoms with Crippen molar-refractivity contribution in [3.8, 4) is 23.0 Å². The van der Waals surface area contributed by atoms with Crippen LogP contribution in [0.1, 0.15) is 37.0 Å². The molecule has 1 fully saturated rings. The van der Waals surface area contributed by atoms with Gasteiger partial charge in [-0.15, -0.1) is 0 Å². The Balaban J connectivity index is 2.67. The van der Waals surface area contributed by atoms with Crippen LogP contribution in [0.2, 0.25) is 0 Å². The van der Waals surface area contributed by atoms with E-state index >= 15 is 0 Å². The highest BCUT2D eigenvalue weighted by Gasteiger charge is 2.39. The van der Waals surface area contributed by atoms with E-state index in [1.807, 2.05) is 6.92 Å². The SMILES string of the molecule is COC(=O)[C@@H]1CC[C@@H](C)[C@H](c2c(OC)c(OC)c(C)c(OC)c2OC)O1. The minimum absolute atomic E-state index is 0.135. The molecule has 0 amide bonds. The zero-order valence-corrected chi connectivity index (χ0v) is 16.5. The van der Waals surface area contributed by atoms with E-state index in [1.54, 1.807) is 28.4 Å². The van der Waals surface area contributed by atoms with Crippen molar-refractivity contribution in [3.05, 3.63) is 11.1 Å². The largest absolute Gasteiger partial charge is 0.492 e. The molecule has 0 saturated carbocycles. The number of carbonyl (C=O) groups excluding carboxylic acids is 1. The standard InChI is InChI=1S/C19H28O7/c1-10-8-9-12(19(20)25-7)26-14(10)13-17(23-5)15(21-3)11(2)16(22-4)18(13)24-6/h10,12,14H,8-9H2,1-7H3/t10-,12+,14-/m1/s1. The quantitative estimate of drug-likeness (QED) is 0.715. The summed E-state index contributed by atoms with van der Waals surface area (Å²) in [6.45, 7) is 3.94. The van der Waals surface area contributed by atoms with Crippen molar-refractivity contribution in [1.82, 2.24) is 0 Å². The average molecular weight is 368 g/mol. The molecule has 1 aromatic carbocycles. The highest BCUT2D eigenvalue weighted by molar-refractivity contribution is 5.75. The van der Waals surface area contributed by atoms with Crippen LogP contribution in [0.4, 0.5) is 0 Å². The van der Waals surface area contributed by atoms with E-state index in [0.29, 0.717) is 35.0 Å². The number of esters is 1. The number of hydrogen-bond donors (Lipinski definition) is 0. The highest BCUT2D eigenvalue weighted by atomic mass is 16.6. The fourth-order valence-corrected chi connectivity index (χ4v) is 3.55. The Morgan fingerprint density at radius 1 is 0.885 bits per heavy atom. The molecule has 1 aliphatic rings. The molecule has 7 nitrogen and oxygen atoms in total. The smallest absolute Gasteiger partial charge is 0.335 e. The number of benzene rings is 1. The summed E-state index contributed by atoms with van der Waals surface area (Å²) < 4.78 is 33.4. The van der Waals surface area contributed by atoms with Gasteiger partial charge < -0.3 is 28.4 Å². The summed E-state index contributed by atoms with van der Waals surface area (Å²) >= 11 is 0. The van der Waals surface area contributed by atoms with Gasteiger partial charge in [-0.2, -0.15) is 0 Å². The molecule has 2 rings (SSSR count). The Labute approximate surface area is 154 Å². The lowest BCUT2D eigenvalue weighted by atomic mass is 9.87. The number of rotatable bonds is 6. The minimum atomic E-state index is -0.631. The first-order valence-corrected chi connectivity index (χ1v) is 8.54. The van der Waals surface area contributed by atoms with Crippen LogP contribution in [-0.4, -0.2) is 47.6 Å². The third-order valence-electron chi connectivity index (χ3n) is 4.86. The molecule has 1 aliphatic heterocycles. The fraction of sp³-hybridized carbons (Fsp3) is 0.632. The van der Waals surface area contributed by atoms with Crippen LogP contribution in [0.25, 0.3) is 0 Å². The van der Waals surface area contributed by atoms with Crippen molar-refractivity contribution in [2.45, 2.75) is 38.9 Å². The second-order valence-electron chi connectivity index (χ2n) is 6.29. The van der Waals surface area contributed by atoms with E-state index in [0.717, 1.165) is 12.0 Å². The number of methoxy groups -OCH3 is 5. The number of hydrogen-bond acceptors (Lipinski definition) is 7. The Kier molecular flexibility index (Phi) is 6.58. The maximum Gasteiger partial charge on any atom is 0.335 e. The summed E-state index contributed by atoms with van der Waals surface area (Å²) in [5.74, 6) is 1.89. The zero-order chi connectivity index (χ0) is 19.4. The number of carbonyl (C=O) groups is 1. The molecule has 0 spiro atoms. The van der Waals surface area contributed by atoms with Gasteiger partial charge in [-0.25, -0.2) is 4.79 Å². The molecule has 0 bridgehead atoms. The van der Waals surface area contributed by atoms with Crippen molar-refractivity contribution in [2.75, 3.05) is 35.5 Å². The monoisotopic (exact) mass is 368 g/mol. The summed E-state index contributed by atoms with van der Waals surface area (Å²) in [4.78, 5) is 12.0. The van der Waals surface area contributed by atoms with Crippen molar-refractivity contribution in [1.29, 1.82) is 0 Å². The van der Waals surface area contributed by atoms with Crippen LogP contribution >= 0.6 is 0 Å². The Hall–Kier alpha value is -2.15. The summed E-state index contributed by atoms with van der Waals surface area (Å²) in [6.07, 6.45) is 0.347. The van der Waals surface area contributed by atoms with Gasteiger partial charge in [-0.3, -0.25) is 0 Å². The summed E-state index contributed by atoms with van der Waals surface area (Å²) in [5, 5.41) is 0. The van der Waals surface area contributed by atoms with E-state index in [2.05, 4.69) is 6.92 Å². The lowest BCUT2D eigenvalue weighted by Gasteiger charge is -2.36. The Bertz CT molecular complexity index is 623. The van der Waals surface area contributed by atoms with Crippen LogP contribution in [0.15, 0.2) is 0 Å². The van der Waals surface area contributed by atoms with E-state index < -0.39 is 12.2 Å². The summed E-state index contributed by atoms with van der Waals surface area (Å²) in [6, 6.07) is 0. The molecule has 1 aromatic rings. The molecule has 1 heterocycles. The third kappa shape index (κ3) is 3.40. The Morgan fingerprint density at radius 2 is 1.38 bits per heavy atom. The second kappa shape index (κ2) is 8.49. The van der Waals surface area contributed by atoms with Gasteiger partial charge in [-0.05, 0) is 25.7 Å². The van der Waals surface area contributed by atoms with Crippen LogP contribution in [0, 0.1) is 12.8 Å². The third-order valence-corrected chi connectivity index (χ3v) is 4.86. The zero-order valence-electron chi connectivity index (χ0n) is 16.5. The fourth-order valence-electron chi connectivity index (χ4n) is 3.55. The summed E-state index contributed by atoms with van der Waals surface area (Å²) in [5.41, 5.74) is 1.44. The molecule has 0 N–H and O–H groups in total. The van der Waals surface area contributed by atoms with Gasteiger partial charge in [0.15, 0.2) is 29.1 Å². The first-order valence-electron chi connectivity index (χ1n) is 8.54. The van der Waals surface area contributed by atoms with Crippen molar-refractivity contribution in [2.24, 2.45) is 5.92 Å². The molecule has 1 saturated heterocycles. The van der Waals surface area contributed by atoms with Gasteiger partial charge in [0, 0.05) is 5.56 Å². The predicted molar refractivity (Wildman–Crippen MR) is 95.4 cm³/mol. The van der Waals surface area contributed by atoms with Crippen LogP contribution < -0.4 is 18.9 Å². The van der Waals surface area contributed by atoms with E-state index in [-0.39, 0.29) is 11.9 Å². The van der Waals surface area contributed by atoms with Gasteiger partial charge in [0.05, 0.1) is 47.2 Å². The van der Waals surface area contributed by atoms with Crippen molar-refractivity contribution >= 4 is 5.97 Å². The summed E-state index contributed by atoms with van der Waals surface area (Å²) in [7, 11) is 7.64. The molecule has 0 aromatic heterocycles. The van der Waals surface area contributed by atoms with Crippen LogP contribution in [0.3, 0.4) is 0 Å². The van der Waals surface area contributed by atoms with Gasteiger partial charge in [0.25, 0.3) is 0 Å². The molecule has 0 radical (unpaired) electrons. The van der Waals surface area contributed by atoms with Gasteiger partial charge in [0.2, 0.25) is 0 Å². The van der Waals surface area contributed by atoms with Crippen LogP contribution in [-0.2, 0) is 14.3 Å². The lowest BCUT2D eigenvalue weighted by molar-refractivity contribution is -0.167. The second-order valence-corrected chi connectivity index (χ2v) is 6.29. The van der Waals surface area contributed by atoms with Crippen molar-refractivity contribution in [3.63, 3.8) is 0 Å². The van der Waals surface area contributed by atoms with Gasteiger partial charge >= 0.3 is 5.97 Å². The molecule has 0 unspecified atom stereocenters. The molecule has 7 heteroatoms. The number of ether oxygens (including phenoxy) is 6. The maximum atomic E-state index is 12.0. The first-order chi connectivity index (χ1) is 12.4. The van der Waals surface area contributed by atoms with Gasteiger partial charge in [-0.1, -0.05) is 6.92 Å². The average Bonchev–Trinajstić information content (AvgIpc) is 2.66. The first kappa shape index (κ1) is 20.2. The van der Waals surface area contributed by atoms with Gasteiger partial charge in [0.1, 0.15) is 0 Å². The van der Waals surface area contributed by atoms with Crippen molar-refractivity contribution < 1.29 is 33.2 Å². The van der Waals surface area contributed by atoms with E-state index in [1.165, 1.54) is 7.11 Å². The molecular formula is C19H28O7. The molecule has 0 aliphatic carbocycles. The normalized spacial score (nSPS) is 22.5. The lowest BCUT2D eigenvalue weighted by Crippen LogP contribution is -2.35. The van der Waals surface area contributed by atoms with Crippen LogP contribution in [0.5, 0.6) is 23.0 Å². The molecular weight excluding hydrogens is 340 g/mol. The molecule has 146 valence electrons. The minimum Gasteiger partial charge on any atom is -0.492 e. The molecule has 3 atom stereocenters. The predicted octanol–water partition coefficient (Wildman–Crippen LogP) is 3.06.